The zero-order chi connectivity index (χ0) is 13.7. The number of amides is 1. The molecule has 0 saturated heterocycles. The first-order chi connectivity index (χ1) is 8.43. The number of aliphatic hydroxyl groups is 1. The lowest BCUT2D eigenvalue weighted by molar-refractivity contribution is -0.114. The number of hydrogen-bond acceptors (Lipinski definition) is 3. The molecule has 2 N–H and O–H groups in total. The molecule has 0 bridgehead atoms. The molecule has 0 heterocycles. The van der Waals surface area contributed by atoms with Gasteiger partial charge in [-0.05, 0) is 24.3 Å². The third kappa shape index (κ3) is 3.82. The molecule has 0 aliphatic heterocycles. The van der Waals surface area contributed by atoms with E-state index in [9.17, 15) is 4.79 Å². The van der Waals surface area contributed by atoms with Gasteiger partial charge in [-0.1, -0.05) is 18.2 Å². The van der Waals surface area contributed by atoms with E-state index in [-0.39, 0.29) is 11.7 Å². The molecule has 1 aromatic carbocycles. The van der Waals surface area contributed by atoms with Crippen LogP contribution in [0.5, 0.6) is 5.75 Å². The summed E-state index contributed by atoms with van der Waals surface area (Å²) in [6, 6.07) is 3.24. The Morgan fingerprint density at radius 2 is 2.22 bits per heavy atom. The zero-order valence-electron chi connectivity index (χ0n) is 10.2. The van der Waals surface area contributed by atoms with Crippen molar-refractivity contribution in [1.29, 1.82) is 0 Å². The van der Waals surface area contributed by atoms with Gasteiger partial charge in [0.2, 0.25) is 5.91 Å². The van der Waals surface area contributed by atoms with Gasteiger partial charge in [0.05, 0.1) is 12.1 Å². The number of hydrogen-bond donors (Lipinski definition) is 2. The van der Waals surface area contributed by atoms with Crippen LogP contribution in [0.15, 0.2) is 30.5 Å². The molecule has 4 nitrogen and oxygen atoms in total. The average Bonchev–Trinajstić information content (AvgIpc) is 2.27. The first-order valence-electron chi connectivity index (χ1n) is 5.15. The van der Waals surface area contributed by atoms with Crippen molar-refractivity contribution in [1.82, 2.24) is 0 Å². The Kier molecular flexibility index (Phi) is 4.80. The van der Waals surface area contributed by atoms with Crippen LogP contribution in [0.1, 0.15) is 12.5 Å². The molecule has 0 fully saturated rings. The largest absolute Gasteiger partial charge is 0.509 e. The van der Waals surface area contributed by atoms with Crippen molar-refractivity contribution in [2.24, 2.45) is 0 Å². The maximum absolute atomic E-state index is 11.1. The van der Waals surface area contributed by atoms with Gasteiger partial charge in [0.1, 0.15) is 11.5 Å². The number of nitrogens with one attached hydrogen (secondary N) is 1. The number of methoxy groups -OCH3 is 1. The van der Waals surface area contributed by atoms with Gasteiger partial charge < -0.3 is 15.2 Å². The number of allylic oxidation sites excluding steroid dienone is 1. The molecule has 0 aromatic heterocycles. The molecule has 0 unspecified atom stereocenters. The molecule has 96 valence electrons. The second-order valence-electron chi connectivity index (χ2n) is 3.58. The maximum atomic E-state index is 11.1. The quantitative estimate of drug-likeness (QED) is 0.649. The van der Waals surface area contributed by atoms with Crippen LogP contribution in [0.4, 0.5) is 5.69 Å². The van der Waals surface area contributed by atoms with Gasteiger partial charge in [0, 0.05) is 18.2 Å². The van der Waals surface area contributed by atoms with Gasteiger partial charge in [0.15, 0.2) is 0 Å². The highest BCUT2D eigenvalue weighted by Gasteiger charge is 2.08. The molecule has 0 radical (unpaired) electrons. The maximum Gasteiger partial charge on any atom is 0.221 e. The van der Waals surface area contributed by atoms with E-state index in [1.807, 2.05) is 0 Å². The molecule has 1 rings (SSSR count). The lowest BCUT2D eigenvalue weighted by Crippen LogP contribution is -2.07. The summed E-state index contributed by atoms with van der Waals surface area (Å²) in [5, 5.41) is 12.1. The third-order valence-corrected chi connectivity index (χ3v) is 2.39. The van der Waals surface area contributed by atoms with Crippen molar-refractivity contribution in [3.05, 3.63) is 41.1 Å². The number of ether oxygens (including phenoxy) is 1. The fourth-order valence-electron chi connectivity index (χ4n) is 1.35. The van der Waals surface area contributed by atoms with Gasteiger partial charge in [-0.15, -0.1) is 0 Å². The zero-order valence-corrected chi connectivity index (χ0v) is 10.9. The van der Waals surface area contributed by atoms with Gasteiger partial charge >= 0.3 is 0 Å². The number of aliphatic hydroxyl groups excluding tert-OH is 1. The Bertz CT molecular complexity index is 509. The van der Waals surface area contributed by atoms with Crippen LogP contribution in [-0.4, -0.2) is 18.1 Å². The fourth-order valence-corrected chi connectivity index (χ4v) is 1.59. The Hall–Kier alpha value is -1.94. The fraction of sp³-hybridized carbons (Fsp3) is 0.154. The molecule has 0 spiro atoms. The predicted molar refractivity (Wildman–Crippen MR) is 73.1 cm³/mol. The molecule has 0 aliphatic carbocycles. The first-order valence-corrected chi connectivity index (χ1v) is 5.53. The van der Waals surface area contributed by atoms with Crippen LogP contribution in [0.3, 0.4) is 0 Å². The SMILES string of the molecule is C=C(O)/C=C/c1cc(OC)c(Cl)cc1NC(C)=O. The van der Waals surface area contributed by atoms with E-state index >= 15 is 0 Å². The standard InChI is InChI=1S/C13H14ClNO3/c1-8(16)4-5-10-6-13(18-3)11(14)7-12(10)15-9(2)17/h4-7,16H,1H2,2-3H3,(H,15,17)/b5-4+. The molecule has 1 aromatic rings. The summed E-state index contributed by atoms with van der Waals surface area (Å²) in [6.07, 6.45) is 3.01. The molecule has 0 aliphatic rings. The molecule has 5 heteroatoms. The van der Waals surface area contributed by atoms with Crippen molar-refractivity contribution >= 4 is 29.3 Å². The molecular weight excluding hydrogens is 254 g/mol. The second kappa shape index (κ2) is 6.12. The average molecular weight is 268 g/mol. The smallest absolute Gasteiger partial charge is 0.221 e. The highest BCUT2D eigenvalue weighted by molar-refractivity contribution is 6.32. The van der Waals surface area contributed by atoms with Gasteiger partial charge in [-0.2, -0.15) is 0 Å². The molecule has 1 amide bonds. The summed E-state index contributed by atoms with van der Waals surface area (Å²) < 4.78 is 5.09. The van der Waals surface area contributed by atoms with E-state index in [0.717, 1.165) is 0 Å². The minimum absolute atomic E-state index is 0.0855. The Morgan fingerprint density at radius 3 is 2.72 bits per heavy atom. The van der Waals surface area contributed by atoms with Crippen molar-refractivity contribution in [2.75, 3.05) is 12.4 Å². The number of halogens is 1. The topological polar surface area (TPSA) is 58.6 Å². The van der Waals surface area contributed by atoms with Crippen LogP contribution in [0.2, 0.25) is 5.02 Å². The first kappa shape index (κ1) is 14.1. The Labute approximate surface area is 111 Å². The van der Waals surface area contributed by atoms with E-state index in [1.54, 1.807) is 18.2 Å². The summed E-state index contributed by atoms with van der Waals surface area (Å²) in [5.41, 5.74) is 1.19. The van der Waals surface area contributed by atoms with E-state index in [1.165, 1.54) is 20.1 Å². The molecule has 0 saturated carbocycles. The van der Waals surface area contributed by atoms with E-state index in [0.29, 0.717) is 22.0 Å². The van der Waals surface area contributed by atoms with E-state index < -0.39 is 0 Å². The third-order valence-electron chi connectivity index (χ3n) is 2.09. The van der Waals surface area contributed by atoms with Crippen molar-refractivity contribution < 1.29 is 14.6 Å². The normalized spacial score (nSPS) is 10.4. The Morgan fingerprint density at radius 1 is 1.56 bits per heavy atom. The minimum atomic E-state index is -0.214. The van der Waals surface area contributed by atoms with Gasteiger partial charge in [0.25, 0.3) is 0 Å². The number of anilines is 1. The number of benzene rings is 1. The van der Waals surface area contributed by atoms with Crippen LogP contribution in [0, 0.1) is 0 Å². The lowest BCUT2D eigenvalue weighted by atomic mass is 10.1. The van der Waals surface area contributed by atoms with Gasteiger partial charge in [-0.25, -0.2) is 0 Å². The van der Waals surface area contributed by atoms with Crippen LogP contribution >= 0.6 is 11.6 Å². The van der Waals surface area contributed by atoms with Crippen molar-refractivity contribution in [2.45, 2.75) is 6.92 Å². The summed E-state index contributed by atoms with van der Waals surface area (Å²) in [6.45, 7) is 4.74. The number of rotatable bonds is 4. The molecule has 0 atom stereocenters. The predicted octanol–water partition coefficient (Wildman–Crippen LogP) is 3.39. The summed E-state index contributed by atoms with van der Waals surface area (Å²) in [4.78, 5) is 11.1. The summed E-state index contributed by atoms with van der Waals surface area (Å²) >= 11 is 5.98. The number of carbonyl (C=O) groups excluding carboxylic acids is 1. The molecular formula is C13H14ClNO3. The monoisotopic (exact) mass is 267 g/mol. The minimum Gasteiger partial charge on any atom is -0.509 e. The molecule has 18 heavy (non-hydrogen) atoms. The number of carbonyl (C=O) groups is 1. The Balaban J connectivity index is 3.24. The van der Waals surface area contributed by atoms with Crippen molar-refractivity contribution in [3.63, 3.8) is 0 Å². The second-order valence-corrected chi connectivity index (χ2v) is 3.99. The summed E-state index contributed by atoms with van der Waals surface area (Å²) in [5.74, 6) is 0.181. The summed E-state index contributed by atoms with van der Waals surface area (Å²) in [7, 11) is 1.50. The van der Waals surface area contributed by atoms with E-state index in [2.05, 4.69) is 11.9 Å². The van der Waals surface area contributed by atoms with E-state index in [4.69, 9.17) is 21.4 Å². The highest BCUT2D eigenvalue weighted by atomic mass is 35.5. The van der Waals surface area contributed by atoms with Crippen LogP contribution in [0.25, 0.3) is 6.08 Å². The lowest BCUT2D eigenvalue weighted by Gasteiger charge is -2.10. The van der Waals surface area contributed by atoms with Crippen LogP contribution in [-0.2, 0) is 4.79 Å². The highest BCUT2D eigenvalue weighted by Crippen LogP contribution is 2.32. The van der Waals surface area contributed by atoms with Crippen molar-refractivity contribution in [3.8, 4) is 5.75 Å². The van der Waals surface area contributed by atoms with Crippen LogP contribution < -0.4 is 10.1 Å². The van der Waals surface area contributed by atoms with Gasteiger partial charge in [-0.3, -0.25) is 4.79 Å².